The fourth-order valence-corrected chi connectivity index (χ4v) is 3.98. The van der Waals surface area contributed by atoms with Crippen molar-refractivity contribution in [2.45, 2.75) is 25.7 Å². The van der Waals surface area contributed by atoms with Crippen LogP contribution in [0.5, 0.6) is 0 Å². The van der Waals surface area contributed by atoms with Crippen LogP contribution in [0.15, 0.2) is 24.4 Å². The van der Waals surface area contributed by atoms with E-state index in [0.717, 1.165) is 42.0 Å². The topological polar surface area (TPSA) is 74.8 Å². The van der Waals surface area contributed by atoms with Crippen LogP contribution in [0.3, 0.4) is 0 Å². The Morgan fingerprint density at radius 3 is 3.04 bits per heavy atom. The van der Waals surface area contributed by atoms with Crippen LogP contribution in [0, 0.1) is 6.92 Å². The van der Waals surface area contributed by atoms with E-state index in [0.29, 0.717) is 11.5 Å². The number of thiazole rings is 1. The molecule has 118 valence electrons. The molecule has 7 heteroatoms. The summed E-state index contributed by atoms with van der Waals surface area (Å²) in [6.45, 7) is 3.61. The number of aromatic amines is 1. The molecule has 2 aromatic heterocycles. The highest BCUT2D eigenvalue weighted by Gasteiger charge is 2.27. The SMILES string of the molecule is Cc1cnc([C@@H]2CCCN(C(=O)c3ccc4n[nH]nc4c3)C2)s1. The molecule has 1 fully saturated rings. The van der Waals surface area contributed by atoms with Gasteiger partial charge in [0.25, 0.3) is 5.91 Å². The van der Waals surface area contributed by atoms with Gasteiger partial charge in [0.2, 0.25) is 0 Å². The van der Waals surface area contributed by atoms with Gasteiger partial charge in [-0.1, -0.05) is 0 Å². The highest BCUT2D eigenvalue weighted by molar-refractivity contribution is 7.11. The lowest BCUT2D eigenvalue weighted by Gasteiger charge is -2.31. The van der Waals surface area contributed by atoms with Crippen molar-refractivity contribution in [1.29, 1.82) is 0 Å². The average Bonchev–Trinajstić information content (AvgIpc) is 3.22. The van der Waals surface area contributed by atoms with Gasteiger partial charge in [-0.05, 0) is 38.0 Å². The number of hydrogen-bond donors (Lipinski definition) is 1. The third kappa shape index (κ3) is 2.72. The van der Waals surface area contributed by atoms with Crippen molar-refractivity contribution in [1.82, 2.24) is 25.3 Å². The lowest BCUT2D eigenvalue weighted by molar-refractivity contribution is 0.0707. The van der Waals surface area contributed by atoms with Gasteiger partial charge in [0.05, 0.1) is 5.01 Å². The van der Waals surface area contributed by atoms with Crippen LogP contribution in [0.2, 0.25) is 0 Å². The van der Waals surface area contributed by atoms with E-state index in [2.05, 4.69) is 27.3 Å². The summed E-state index contributed by atoms with van der Waals surface area (Å²) in [5.41, 5.74) is 2.17. The van der Waals surface area contributed by atoms with Crippen LogP contribution < -0.4 is 0 Å². The normalized spacial score (nSPS) is 18.5. The summed E-state index contributed by atoms with van der Waals surface area (Å²) >= 11 is 1.74. The van der Waals surface area contributed by atoms with E-state index in [1.807, 2.05) is 23.2 Å². The molecule has 6 nitrogen and oxygen atoms in total. The molecule has 1 aliphatic heterocycles. The largest absolute Gasteiger partial charge is 0.338 e. The first-order chi connectivity index (χ1) is 11.2. The number of nitrogens with one attached hydrogen (secondary N) is 1. The predicted octanol–water partition coefficient (Wildman–Crippen LogP) is 2.74. The lowest BCUT2D eigenvalue weighted by Crippen LogP contribution is -2.39. The molecular weight excluding hydrogens is 310 g/mol. The maximum absolute atomic E-state index is 12.8. The molecule has 0 unspecified atom stereocenters. The molecule has 1 saturated heterocycles. The Kier molecular flexibility index (Phi) is 3.57. The summed E-state index contributed by atoms with van der Waals surface area (Å²) in [6.07, 6.45) is 4.03. The Morgan fingerprint density at radius 2 is 2.22 bits per heavy atom. The van der Waals surface area contributed by atoms with Crippen molar-refractivity contribution in [2.24, 2.45) is 0 Å². The number of aromatic nitrogens is 4. The second-order valence-corrected chi connectivity index (χ2v) is 7.19. The summed E-state index contributed by atoms with van der Waals surface area (Å²) in [5, 5.41) is 11.8. The number of carbonyl (C=O) groups excluding carboxylic acids is 1. The Labute approximate surface area is 137 Å². The molecule has 1 amide bonds. The Balaban J connectivity index is 1.55. The van der Waals surface area contributed by atoms with Crippen LogP contribution in [0.25, 0.3) is 11.0 Å². The van der Waals surface area contributed by atoms with E-state index >= 15 is 0 Å². The first-order valence-corrected chi connectivity index (χ1v) is 8.54. The van der Waals surface area contributed by atoms with Gasteiger partial charge in [-0.2, -0.15) is 15.4 Å². The maximum atomic E-state index is 12.8. The molecule has 0 aliphatic carbocycles. The number of benzene rings is 1. The van der Waals surface area contributed by atoms with Crippen LogP contribution in [0.4, 0.5) is 0 Å². The molecule has 3 heterocycles. The Bertz CT molecular complexity index is 855. The number of H-pyrrole nitrogens is 1. The number of piperidine rings is 1. The quantitative estimate of drug-likeness (QED) is 0.785. The van der Waals surface area contributed by atoms with Crippen molar-refractivity contribution in [2.75, 3.05) is 13.1 Å². The van der Waals surface area contributed by atoms with Crippen molar-refractivity contribution in [3.05, 3.63) is 39.8 Å². The number of carbonyl (C=O) groups is 1. The highest BCUT2D eigenvalue weighted by Crippen LogP contribution is 2.30. The van der Waals surface area contributed by atoms with E-state index in [4.69, 9.17) is 0 Å². The summed E-state index contributed by atoms with van der Waals surface area (Å²) in [4.78, 5) is 20.5. The first-order valence-electron chi connectivity index (χ1n) is 7.73. The fourth-order valence-electron chi connectivity index (χ4n) is 3.08. The Morgan fingerprint density at radius 1 is 1.35 bits per heavy atom. The van der Waals surface area contributed by atoms with Gasteiger partial charge in [-0.3, -0.25) is 4.79 Å². The monoisotopic (exact) mass is 327 g/mol. The number of rotatable bonds is 2. The van der Waals surface area contributed by atoms with Gasteiger partial charge < -0.3 is 4.90 Å². The van der Waals surface area contributed by atoms with Gasteiger partial charge in [0.1, 0.15) is 11.0 Å². The number of hydrogen-bond acceptors (Lipinski definition) is 5. The predicted molar refractivity (Wildman–Crippen MR) is 88.6 cm³/mol. The summed E-state index contributed by atoms with van der Waals surface area (Å²) in [7, 11) is 0. The van der Waals surface area contributed by atoms with Crippen LogP contribution >= 0.6 is 11.3 Å². The van der Waals surface area contributed by atoms with Crippen molar-refractivity contribution < 1.29 is 4.79 Å². The molecule has 1 atom stereocenters. The molecule has 4 rings (SSSR count). The molecule has 0 bridgehead atoms. The number of fused-ring (bicyclic) bond motifs is 1. The maximum Gasteiger partial charge on any atom is 0.253 e. The minimum Gasteiger partial charge on any atom is -0.338 e. The smallest absolute Gasteiger partial charge is 0.253 e. The standard InChI is InChI=1S/C16H17N5OS/c1-10-8-17-15(23-10)12-3-2-6-21(9-12)16(22)11-4-5-13-14(7-11)19-20-18-13/h4-5,7-8,12H,2-3,6,9H2,1H3,(H,18,19,20)/t12-/m1/s1. The number of amides is 1. The minimum absolute atomic E-state index is 0.0629. The van der Waals surface area contributed by atoms with E-state index in [9.17, 15) is 4.79 Å². The molecule has 3 aromatic rings. The molecule has 1 N–H and O–H groups in total. The second-order valence-electron chi connectivity index (χ2n) is 5.93. The minimum atomic E-state index is 0.0629. The first kappa shape index (κ1) is 14.3. The van der Waals surface area contributed by atoms with E-state index in [-0.39, 0.29) is 5.91 Å². The summed E-state index contributed by atoms with van der Waals surface area (Å²) in [5.74, 6) is 0.412. The Hall–Kier alpha value is -2.28. The lowest BCUT2D eigenvalue weighted by atomic mass is 9.98. The van der Waals surface area contributed by atoms with Crippen molar-refractivity contribution in [3.8, 4) is 0 Å². The van der Waals surface area contributed by atoms with Crippen molar-refractivity contribution in [3.63, 3.8) is 0 Å². The second kappa shape index (κ2) is 5.73. The number of likely N-dealkylation sites (tertiary alicyclic amines) is 1. The molecule has 1 aromatic carbocycles. The zero-order valence-corrected chi connectivity index (χ0v) is 13.6. The van der Waals surface area contributed by atoms with Gasteiger partial charge in [0.15, 0.2) is 0 Å². The summed E-state index contributed by atoms with van der Waals surface area (Å²) in [6, 6.07) is 5.46. The van der Waals surface area contributed by atoms with Crippen LogP contribution in [0.1, 0.15) is 39.0 Å². The van der Waals surface area contributed by atoms with Crippen LogP contribution in [-0.4, -0.2) is 44.3 Å². The molecule has 0 radical (unpaired) electrons. The molecule has 23 heavy (non-hydrogen) atoms. The van der Waals surface area contributed by atoms with Gasteiger partial charge in [-0.15, -0.1) is 11.3 Å². The third-order valence-electron chi connectivity index (χ3n) is 4.26. The average molecular weight is 327 g/mol. The molecule has 0 saturated carbocycles. The molecule has 0 spiro atoms. The van der Waals surface area contributed by atoms with Gasteiger partial charge >= 0.3 is 0 Å². The summed E-state index contributed by atoms with van der Waals surface area (Å²) < 4.78 is 0. The van der Waals surface area contributed by atoms with Gasteiger partial charge in [-0.25, -0.2) is 4.98 Å². The number of nitrogens with zero attached hydrogens (tertiary/aromatic N) is 4. The fraction of sp³-hybridized carbons (Fsp3) is 0.375. The zero-order chi connectivity index (χ0) is 15.8. The molecule has 1 aliphatic rings. The van der Waals surface area contributed by atoms with E-state index in [1.165, 1.54) is 4.88 Å². The molecular formula is C16H17N5OS. The van der Waals surface area contributed by atoms with Gasteiger partial charge in [0, 0.05) is 35.6 Å². The van der Waals surface area contributed by atoms with E-state index < -0.39 is 0 Å². The van der Waals surface area contributed by atoms with E-state index in [1.54, 1.807) is 17.4 Å². The highest BCUT2D eigenvalue weighted by atomic mass is 32.1. The van der Waals surface area contributed by atoms with Crippen molar-refractivity contribution >= 4 is 28.3 Å². The number of aryl methyl sites for hydroxylation is 1. The third-order valence-corrected chi connectivity index (χ3v) is 5.34. The zero-order valence-electron chi connectivity index (χ0n) is 12.8. The van der Waals surface area contributed by atoms with Crippen LogP contribution in [-0.2, 0) is 0 Å².